The molecule has 3 fully saturated rings. The zero-order valence-corrected chi connectivity index (χ0v) is 17.3. The van der Waals surface area contributed by atoms with E-state index < -0.39 is 12.2 Å². The summed E-state index contributed by atoms with van der Waals surface area (Å²) in [4.78, 5) is 0. The van der Waals surface area contributed by atoms with Crippen molar-refractivity contribution in [3.8, 4) is 0 Å². The van der Waals surface area contributed by atoms with Crippen molar-refractivity contribution in [3.05, 3.63) is 11.6 Å². The molecule has 0 spiro atoms. The van der Waals surface area contributed by atoms with E-state index in [9.17, 15) is 10.2 Å². The minimum Gasteiger partial charge on any atom is -0.390 e. The zero-order chi connectivity index (χ0) is 18.9. The molecule has 4 rings (SSSR count). The Hall–Kier alpha value is -0.380. The molecular weight excluding hydrogens is 324 g/mol. The number of rotatable bonds is 1. The number of aliphatic hydroxyl groups excluding tert-OH is 2. The van der Waals surface area contributed by atoms with Gasteiger partial charge in [0.1, 0.15) is 0 Å². The third-order valence-electron chi connectivity index (χ3n) is 8.54. The lowest BCUT2D eigenvalue weighted by molar-refractivity contribution is -0.142. The van der Waals surface area contributed by atoms with Crippen LogP contribution in [0.15, 0.2) is 11.6 Å². The van der Waals surface area contributed by atoms with Crippen LogP contribution in [0.3, 0.4) is 0 Å². The molecule has 3 saturated carbocycles. The molecule has 0 aromatic carbocycles. The molecule has 148 valence electrons. The molecule has 3 nitrogen and oxygen atoms in total. The minimum atomic E-state index is -0.667. The van der Waals surface area contributed by atoms with Gasteiger partial charge in [0.2, 0.25) is 0 Å². The smallest absolute Gasteiger partial charge is 0.0983 e. The summed E-state index contributed by atoms with van der Waals surface area (Å²) in [5.74, 6) is 2.14. The van der Waals surface area contributed by atoms with Gasteiger partial charge in [-0.05, 0) is 94.3 Å². The quantitative estimate of drug-likeness (QED) is 0.677. The molecule has 0 radical (unpaired) electrons. The van der Waals surface area contributed by atoms with Gasteiger partial charge in [-0.15, -0.1) is 0 Å². The van der Waals surface area contributed by atoms with Gasteiger partial charge in [0.25, 0.3) is 0 Å². The molecular formula is C23H38O3. The molecule has 0 aromatic rings. The van der Waals surface area contributed by atoms with Crippen LogP contribution in [0.1, 0.15) is 79.6 Å². The number of aliphatic hydroxyl groups is 2. The molecule has 4 aliphatic carbocycles. The van der Waals surface area contributed by atoms with Crippen molar-refractivity contribution in [3.63, 3.8) is 0 Å². The van der Waals surface area contributed by atoms with E-state index >= 15 is 0 Å². The van der Waals surface area contributed by atoms with Crippen molar-refractivity contribution < 1.29 is 14.9 Å². The molecule has 0 amide bonds. The van der Waals surface area contributed by atoms with E-state index in [1.807, 2.05) is 6.08 Å². The SMILES string of the molecule is CC(C)(C)O[C@H]1CCC2C3CCC4=C[C@H](O)[C@@H](O)C[C@]4(C)C3CC[C@@]21C. The van der Waals surface area contributed by atoms with Crippen molar-refractivity contribution >= 4 is 0 Å². The Bertz CT molecular complexity index is 591. The summed E-state index contributed by atoms with van der Waals surface area (Å²) in [6, 6.07) is 0. The number of allylic oxidation sites excluding steroid dienone is 1. The summed E-state index contributed by atoms with van der Waals surface area (Å²) in [5.41, 5.74) is 1.72. The molecule has 3 heteroatoms. The van der Waals surface area contributed by atoms with Gasteiger partial charge in [0, 0.05) is 0 Å². The fourth-order valence-electron chi connectivity index (χ4n) is 7.33. The van der Waals surface area contributed by atoms with E-state index in [2.05, 4.69) is 34.6 Å². The normalized spacial score (nSPS) is 51.3. The lowest BCUT2D eigenvalue weighted by Crippen LogP contribution is -2.54. The molecule has 0 aromatic heterocycles. The average molecular weight is 363 g/mol. The number of hydrogen-bond donors (Lipinski definition) is 2. The second-order valence-electron chi connectivity index (χ2n) is 11.1. The van der Waals surface area contributed by atoms with Gasteiger partial charge in [-0.1, -0.05) is 25.5 Å². The van der Waals surface area contributed by atoms with E-state index in [4.69, 9.17) is 4.74 Å². The van der Waals surface area contributed by atoms with Gasteiger partial charge in [0.05, 0.1) is 23.9 Å². The summed E-state index contributed by atoms with van der Waals surface area (Å²) >= 11 is 0. The summed E-state index contributed by atoms with van der Waals surface area (Å²) in [7, 11) is 0. The van der Waals surface area contributed by atoms with Crippen molar-refractivity contribution in [2.75, 3.05) is 0 Å². The highest BCUT2D eigenvalue weighted by molar-refractivity contribution is 5.26. The van der Waals surface area contributed by atoms with E-state index in [1.54, 1.807) is 0 Å². The Kier molecular flexibility index (Phi) is 4.42. The largest absolute Gasteiger partial charge is 0.390 e. The van der Waals surface area contributed by atoms with Crippen LogP contribution in [0.4, 0.5) is 0 Å². The van der Waals surface area contributed by atoms with Gasteiger partial charge in [0.15, 0.2) is 0 Å². The van der Waals surface area contributed by atoms with Crippen LogP contribution >= 0.6 is 0 Å². The first-order valence-corrected chi connectivity index (χ1v) is 10.8. The first-order valence-electron chi connectivity index (χ1n) is 10.8. The van der Waals surface area contributed by atoms with Crippen molar-refractivity contribution in [1.82, 2.24) is 0 Å². The third kappa shape index (κ3) is 2.81. The van der Waals surface area contributed by atoms with Crippen LogP contribution in [-0.2, 0) is 4.74 Å². The standard InChI is InChI=1S/C23H38O3/c1-21(2,3)26-20-9-8-16-15-7-6-14-12-18(24)19(25)13-23(14,5)17(15)10-11-22(16,20)4/h12,15-20,24-25H,6-11,13H2,1-5H3/t15?,16?,17?,18-,19-,20-,22-,23-/m0/s1. The monoisotopic (exact) mass is 362 g/mol. The van der Waals surface area contributed by atoms with E-state index in [-0.39, 0.29) is 11.0 Å². The lowest BCUT2D eigenvalue weighted by Gasteiger charge is -2.59. The predicted octanol–water partition coefficient (Wildman–Crippen LogP) is 4.46. The highest BCUT2D eigenvalue weighted by Gasteiger charge is 2.60. The summed E-state index contributed by atoms with van der Waals surface area (Å²) in [5, 5.41) is 20.5. The molecule has 4 aliphatic rings. The van der Waals surface area contributed by atoms with Gasteiger partial charge in [-0.25, -0.2) is 0 Å². The van der Waals surface area contributed by atoms with Crippen LogP contribution in [0, 0.1) is 28.6 Å². The predicted molar refractivity (Wildman–Crippen MR) is 104 cm³/mol. The van der Waals surface area contributed by atoms with Gasteiger partial charge in [-0.3, -0.25) is 0 Å². The van der Waals surface area contributed by atoms with Gasteiger partial charge in [-0.2, -0.15) is 0 Å². The number of ether oxygens (including phenoxy) is 1. The Balaban J connectivity index is 1.60. The molecule has 0 saturated heterocycles. The fourth-order valence-corrected chi connectivity index (χ4v) is 7.33. The topological polar surface area (TPSA) is 49.7 Å². The summed E-state index contributed by atoms with van der Waals surface area (Å²) < 4.78 is 6.53. The Morgan fingerprint density at radius 3 is 2.46 bits per heavy atom. The van der Waals surface area contributed by atoms with Crippen LogP contribution in [0.5, 0.6) is 0 Å². The van der Waals surface area contributed by atoms with Crippen molar-refractivity contribution in [2.45, 2.75) is 103 Å². The Morgan fingerprint density at radius 2 is 1.77 bits per heavy atom. The molecule has 0 bridgehead atoms. The number of hydrogen-bond acceptors (Lipinski definition) is 3. The second-order valence-corrected chi connectivity index (χ2v) is 11.1. The zero-order valence-electron chi connectivity index (χ0n) is 17.3. The van der Waals surface area contributed by atoms with E-state index in [0.29, 0.717) is 17.4 Å². The van der Waals surface area contributed by atoms with Crippen molar-refractivity contribution in [2.24, 2.45) is 28.6 Å². The number of fused-ring (bicyclic) bond motifs is 5. The highest BCUT2D eigenvalue weighted by atomic mass is 16.5. The Morgan fingerprint density at radius 1 is 1.04 bits per heavy atom. The summed E-state index contributed by atoms with van der Waals surface area (Å²) in [6.07, 6.45) is 9.13. The van der Waals surface area contributed by atoms with Gasteiger partial charge < -0.3 is 14.9 Å². The molecule has 2 N–H and O–H groups in total. The maximum absolute atomic E-state index is 10.4. The average Bonchev–Trinajstić information content (AvgIpc) is 2.84. The molecule has 0 aliphatic heterocycles. The maximum atomic E-state index is 10.4. The first kappa shape index (κ1) is 19.0. The van der Waals surface area contributed by atoms with E-state index in [1.165, 1.54) is 37.7 Å². The third-order valence-corrected chi connectivity index (χ3v) is 8.54. The molecule has 3 unspecified atom stereocenters. The van der Waals surface area contributed by atoms with Crippen molar-refractivity contribution in [1.29, 1.82) is 0 Å². The first-order chi connectivity index (χ1) is 12.0. The minimum absolute atomic E-state index is 0.0719. The van der Waals surface area contributed by atoms with Crippen LogP contribution in [0.25, 0.3) is 0 Å². The molecule has 0 heterocycles. The summed E-state index contributed by atoms with van der Waals surface area (Å²) in [6.45, 7) is 11.4. The van der Waals surface area contributed by atoms with Crippen LogP contribution in [0.2, 0.25) is 0 Å². The fraction of sp³-hybridized carbons (Fsp3) is 0.913. The lowest BCUT2D eigenvalue weighted by atomic mass is 9.47. The van der Waals surface area contributed by atoms with Crippen LogP contribution in [-0.4, -0.2) is 34.1 Å². The Labute approximate surface area is 159 Å². The maximum Gasteiger partial charge on any atom is 0.0983 e. The van der Waals surface area contributed by atoms with Crippen LogP contribution < -0.4 is 0 Å². The molecule has 26 heavy (non-hydrogen) atoms. The van der Waals surface area contributed by atoms with E-state index in [0.717, 1.165) is 24.7 Å². The second kappa shape index (κ2) is 6.06. The highest BCUT2D eigenvalue weighted by Crippen LogP contribution is 2.66. The molecule has 8 atom stereocenters. The van der Waals surface area contributed by atoms with Gasteiger partial charge >= 0.3 is 0 Å².